The van der Waals surface area contributed by atoms with Crippen LogP contribution in [-0.2, 0) is 10.0 Å². The lowest BCUT2D eigenvalue weighted by Crippen LogP contribution is -2.32. The van der Waals surface area contributed by atoms with Crippen LogP contribution >= 0.6 is 0 Å². The van der Waals surface area contributed by atoms with Crippen molar-refractivity contribution in [1.29, 1.82) is 0 Å². The molecular weight excluding hydrogens is 264 g/mol. The molecule has 1 N–H and O–H groups in total. The van der Waals surface area contributed by atoms with Crippen LogP contribution < -0.4 is 0 Å². The van der Waals surface area contributed by atoms with Gasteiger partial charge in [-0.2, -0.15) is 0 Å². The number of hydrogen-bond donors (Lipinski definition) is 1. The Kier molecular flexibility index (Phi) is 4.78. The Balaban J connectivity index is 2.89. The van der Waals surface area contributed by atoms with E-state index in [0.717, 1.165) is 22.5 Å². The van der Waals surface area contributed by atoms with Gasteiger partial charge in [0.05, 0.1) is 11.9 Å². The summed E-state index contributed by atoms with van der Waals surface area (Å²) in [6.45, 7) is 1.14. The largest absolute Gasteiger partial charge is 0.387 e. The van der Waals surface area contributed by atoms with Crippen molar-refractivity contribution < 1.29 is 22.3 Å². The van der Waals surface area contributed by atoms with Gasteiger partial charge in [-0.15, -0.1) is 0 Å². The average Bonchev–Trinajstić information content (AvgIpc) is 2.31. The van der Waals surface area contributed by atoms with Gasteiger partial charge in [-0.25, -0.2) is 21.5 Å². The van der Waals surface area contributed by atoms with Crippen LogP contribution in [0.3, 0.4) is 0 Å². The molecule has 4 nitrogen and oxygen atoms in total. The Morgan fingerprint density at radius 1 is 1.39 bits per heavy atom. The second-order valence-electron chi connectivity index (χ2n) is 3.86. The SMILES string of the molecule is CCS(=O)(=O)N(C)CC(O)c1cc(F)ccc1F. The molecule has 1 atom stereocenters. The van der Waals surface area contributed by atoms with E-state index < -0.39 is 27.8 Å². The van der Waals surface area contributed by atoms with E-state index in [0.29, 0.717) is 0 Å². The molecule has 102 valence electrons. The van der Waals surface area contributed by atoms with E-state index >= 15 is 0 Å². The smallest absolute Gasteiger partial charge is 0.213 e. The van der Waals surface area contributed by atoms with E-state index in [1.807, 2.05) is 0 Å². The predicted molar refractivity (Wildman–Crippen MR) is 63.4 cm³/mol. The summed E-state index contributed by atoms with van der Waals surface area (Å²) in [5.41, 5.74) is -0.256. The molecule has 0 heterocycles. The van der Waals surface area contributed by atoms with Gasteiger partial charge in [0.1, 0.15) is 11.6 Å². The highest BCUT2D eigenvalue weighted by atomic mass is 32.2. The molecule has 0 spiro atoms. The molecule has 0 fully saturated rings. The van der Waals surface area contributed by atoms with Gasteiger partial charge in [0.25, 0.3) is 0 Å². The molecule has 0 aromatic heterocycles. The first-order valence-corrected chi connectivity index (χ1v) is 6.96. The maximum Gasteiger partial charge on any atom is 0.213 e. The fourth-order valence-electron chi connectivity index (χ4n) is 1.45. The lowest BCUT2D eigenvalue weighted by Gasteiger charge is -2.20. The van der Waals surface area contributed by atoms with Crippen molar-refractivity contribution in [2.45, 2.75) is 13.0 Å². The maximum absolute atomic E-state index is 13.4. The molecule has 0 aliphatic heterocycles. The topological polar surface area (TPSA) is 57.6 Å². The number of sulfonamides is 1. The minimum absolute atomic E-state index is 0.123. The number of halogens is 2. The molecule has 0 aliphatic carbocycles. The summed E-state index contributed by atoms with van der Waals surface area (Å²) >= 11 is 0. The predicted octanol–water partition coefficient (Wildman–Crippen LogP) is 1.28. The van der Waals surface area contributed by atoms with Crippen LogP contribution in [0.15, 0.2) is 18.2 Å². The van der Waals surface area contributed by atoms with Gasteiger partial charge in [-0.05, 0) is 25.1 Å². The molecule has 0 saturated carbocycles. The zero-order chi connectivity index (χ0) is 13.9. The second-order valence-corrected chi connectivity index (χ2v) is 6.23. The van der Waals surface area contributed by atoms with Crippen molar-refractivity contribution in [3.63, 3.8) is 0 Å². The molecule has 0 bridgehead atoms. The van der Waals surface area contributed by atoms with Gasteiger partial charge in [0.2, 0.25) is 10.0 Å². The van der Waals surface area contributed by atoms with E-state index in [1.54, 1.807) is 0 Å². The summed E-state index contributed by atoms with van der Waals surface area (Å²) in [6.07, 6.45) is -1.41. The van der Waals surface area contributed by atoms with Crippen LogP contribution in [0.25, 0.3) is 0 Å². The Bertz CT molecular complexity index is 519. The molecule has 0 saturated heterocycles. The highest BCUT2D eigenvalue weighted by Gasteiger charge is 2.21. The Labute approximate surface area is 105 Å². The first-order chi connectivity index (χ1) is 8.27. The number of nitrogens with zero attached hydrogens (tertiary/aromatic N) is 1. The van der Waals surface area contributed by atoms with Gasteiger partial charge in [0.15, 0.2) is 0 Å². The van der Waals surface area contributed by atoms with E-state index in [4.69, 9.17) is 0 Å². The molecule has 1 rings (SSSR count). The minimum Gasteiger partial charge on any atom is -0.387 e. The fourth-order valence-corrected chi connectivity index (χ4v) is 2.25. The molecule has 1 aromatic carbocycles. The van der Waals surface area contributed by atoms with Crippen LogP contribution in [0.5, 0.6) is 0 Å². The quantitative estimate of drug-likeness (QED) is 0.883. The van der Waals surface area contributed by atoms with E-state index in [9.17, 15) is 22.3 Å². The van der Waals surface area contributed by atoms with Crippen molar-refractivity contribution in [1.82, 2.24) is 4.31 Å². The molecule has 18 heavy (non-hydrogen) atoms. The number of aliphatic hydroxyl groups is 1. The van der Waals surface area contributed by atoms with Crippen LogP contribution in [0.2, 0.25) is 0 Å². The van der Waals surface area contributed by atoms with Gasteiger partial charge in [-0.3, -0.25) is 0 Å². The van der Waals surface area contributed by atoms with Gasteiger partial charge in [-0.1, -0.05) is 0 Å². The van der Waals surface area contributed by atoms with Crippen molar-refractivity contribution in [2.24, 2.45) is 0 Å². The Morgan fingerprint density at radius 2 is 2.00 bits per heavy atom. The van der Waals surface area contributed by atoms with E-state index in [2.05, 4.69) is 0 Å². The van der Waals surface area contributed by atoms with Gasteiger partial charge >= 0.3 is 0 Å². The highest BCUT2D eigenvalue weighted by molar-refractivity contribution is 7.89. The zero-order valence-corrected chi connectivity index (χ0v) is 10.9. The molecular formula is C11H15F2NO3S. The summed E-state index contributed by atoms with van der Waals surface area (Å²) in [7, 11) is -2.19. The third-order valence-electron chi connectivity index (χ3n) is 2.59. The van der Waals surface area contributed by atoms with Crippen LogP contribution in [0, 0.1) is 11.6 Å². The standard InChI is InChI=1S/C11H15F2NO3S/c1-3-18(16,17)14(2)7-11(15)9-6-8(12)4-5-10(9)13/h4-6,11,15H,3,7H2,1-2H3. The number of aliphatic hydroxyl groups excluding tert-OH is 1. The summed E-state index contributed by atoms with van der Waals surface area (Å²) < 4.78 is 50.1. The molecule has 1 unspecified atom stereocenters. The van der Waals surface area contributed by atoms with Gasteiger partial charge in [0, 0.05) is 19.2 Å². The van der Waals surface area contributed by atoms with Crippen LogP contribution in [0.4, 0.5) is 8.78 Å². The fraction of sp³-hybridized carbons (Fsp3) is 0.455. The number of rotatable bonds is 5. The molecule has 1 aromatic rings. The number of benzene rings is 1. The van der Waals surface area contributed by atoms with Crippen molar-refractivity contribution >= 4 is 10.0 Å². The summed E-state index contributed by atoms with van der Waals surface area (Å²) in [6, 6.07) is 2.67. The summed E-state index contributed by atoms with van der Waals surface area (Å²) in [4.78, 5) is 0. The van der Waals surface area contributed by atoms with E-state index in [-0.39, 0.29) is 17.9 Å². The molecule has 0 aliphatic rings. The van der Waals surface area contributed by atoms with Crippen LogP contribution in [0.1, 0.15) is 18.6 Å². The zero-order valence-electron chi connectivity index (χ0n) is 10.1. The second kappa shape index (κ2) is 5.73. The third-order valence-corrected chi connectivity index (χ3v) is 4.42. The Hall–Kier alpha value is -1.05. The normalized spacial score (nSPS) is 13.9. The maximum atomic E-state index is 13.4. The lowest BCUT2D eigenvalue weighted by molar-refractivity contribution is 0.150. The third kappa shape index (κ3) is 3.47. The Morgan fingerprint density at radius 3 is 2.56 bits per heavy atom. The first-order valence-electron chi connectivity index (χ1n) is 5.35. The number of hydrogen-bond acceptors (Lipinski definition) is 3. The van der Waals surface area contributed by atoms with Crippen molar-refractivity contribution in [2.75, 3.05) is 19.3 Å². The molecule has 0 amide bonds. The molecule has 7 heteroatoms. The summed E-state index contributed by atoms with van der Waals surface area (Å²) in [5, 5.41) is 9.74. The number of likely N-dealkylation sites (N-methyl/N-ethyl adjacent to an activating group) is 1. The highest BCUT2D eigenvalue weighted by Crippen LogP contribution is 2.19. The molecule has 0 radical (unpaired) electrons. The lowest BCUT2D eigenvalue weighted by atomic mass is 10.1. The van der Waals surface area contributed by atoms with Crippen molar-refractivity contribution in [3.05, 3.63) is 35.4 Å². The average molecular weight is 279 g/mol. The summed E-state index contributed by atoms with van der Waals surface area (Å²) in [5.74, 6) is -1.58. The van der Waals surface area contributed by atoms with Crippen molar-refractivity contribution in [3.8, 4) is 0 Å². The first kappa shape index (κ1) is 15.0. The minimum atomic E-state index is -3.47. The van der Waals surface area contributed by atoms with Crippen LogP contribution in [-0.4, -0.2) is 37.2 Å². The monoisotopic (exact) mass is 279 g/mol. The van der Waals surface area contributed by atoms with E-state index in [1.165, 1.54) is 14.0 Å². The van der Waals surface area contributed by atoms with Gasteiger partial charge < -0.3 is 5.11 Å².